The fourth-order valence-corrected chi connectivity index (χ4v) is 3.98. The molecule has 0 aliphatic heterocycles. The molecule has 0 aliphatic rings. The van der Waals surface area contributed by atoms with Crippen LogP contribution in [0.2, 0.25) is 0 Å². The molecule has 0 radical (unpaired) electrons. The number of anilines is 1. The lowest BCUT2D eigenvalue weighted by atomic mass is 10.1. The van der Waals surface area contributed by atoms with Crippen LogP contribution in [0.5, 0.6) is 0 Å². The third-order valence-electron chi connectivity index (χ3n) is 4.98. The number of carbonyl (C=O) groups excluding carboxylic acids is 1. The predicted molar refractivity (Wildman–Crippen MR) is 117 cm³/mol. The van der Waals surface area contributed by atoms with Gasteiger partial charge in [0.15, 0.2) is 6.04 Å². The van der Waals surface area contributed by atoms with E-state index in [0.717, 1.165) is 27.9 Å². The molecular formula is C22H24N5O2S+. The molecule has 4 rings (SSSR count). The van der Waals surface area contributed by atoms with Crippen molar-refractivity contribution in [1.82, 2.24) is 15.2 Å². The molecule has 7 nitrogen and oxygen atoms in total. The number of benzene rings is 2. The maximum Gasteiger partial charge on any atom is 0.277 e. The monoisotopic (exact) mass is 422 g/mol. The zero-order valence-electron chi connectivity index (χ0n) is 16.9. The average Bonchev–Trinajstić information content (AvgIpc) is 3.37. The Morgan fingerprint density at radius 2 is 1.93 bits per heavy atom. The number of rotatable bonds is 7. The standard InChI is InChI=1S/C22H23N5O2S/c1-13-6-5-7-14(2)20(13)25-19(28)12-30-22-27-26-21(29-22)17(23)10-15-11-24-18-9-4-3-8-16(15)18/h3-9,11,17,24H,10,12,23H2,1-2H3,(H,25,28)/p+1/t17-/m0/s1. The molecule has 154 valence electrons. The Balaban J connectivity index is 1.35. The van der Waals surface area contributed by atoms with E-state index in [9.17, 15) is 4.79 Å². The number of aromatic amines is 1. The number of nitrogens with zero attached hydrogens (tertiary/aromatic N) is 2. The summed E-state index contributed by atoms with van der Waals surface area (Å²) in [5.41, 5.74) is 9.35. The number of hydrogen-bond donors (Lipinski definition) is 3. The molecule has 8 heteroatoms. The maximum atomic E-state index is 12.3. The zero-order chi connectivity index (χ0) is 21.1. The van der Waals surface area contributed by atoms with Crippen molar-refractivity contribution in [2.75, 3.05) is 11.1 Å². The normalized spacial score (nSPS) is 12.2. The van der Waals surface area contributed by atoms with E-state index >= 15 is 0 Å². The lowest BCUT2D eigenvalue weighted by Gasteiger charge is -2.10. The molecule has 0 saturated heterocycles. The van der Waals surface area contributed by atoms with Crippen molar-refractivity contribution in [3.8, 4) is 0 Å². The molecule has 0 saturated carbocycles. The van der Waals surface area contributed by atoms with E-state index in [-0.39, 0.29) is 17.7 Å². The van der Waals surface area contributed by atoms with Crippen LogP contribution in [0.4, 0.5) is 5.69 Å². The third kappa shape index (κ3) is 4.39. The Bertz CT molecular complexity index is 1160. The second-order valence-electron chi connectivity index (χ2n) is 7.27. The van der Waals surface area contributed by atoms with Crippen LogP contribution in [0.25, 0.3) is 10.9 Å². The van der Waals surface area contributed by atoms with Crippen LogP contribution < -0.4 is 11.1 Å². The highest BCUT2D eigenvalue weighted by atomic mass is 32.2. The van der Waals surface area contributed by atoms with Crippen LogP contribution in [0.15, 0.2) is 58.3 Å². The number of amides is 1. The van der Waals surface area contributed by atoms with Crippen LogP contribution in [0.1, 0.15) is 28.6 Å². The summed E-state index contributed by atoms with van der Waals surface area (Å²) < 4.78 is 5.74. The second kappa shape index (κ2) is 8.73. The number of hydrogen-bond acceptors (Lipinski definition) is 5. The molecule has 1 amide bonds. The smallest absolute Gasteiger partial charge is 0.277 e. The summed E-state index contributed by atoms with van der Waals surface area (Å²) >= 11 is 1.22. The van der Waals surface area contributed by atoms with Crippen LogP contribution in [0, 0.1) is 13.8 Å². The number of para-hydroxylation sites is 2. The first-order valence-electron chi connectivity index (χ1n) is 9.71. The molecule has 1 atom stereocenters. The highest BCUT2D eigenvalue weighted by molar-refractivity contribution is 7.99. The number of quaternary nitrogens is 1. The first-order chi connectivity index (χ1) is 14.5. The van der Waals surface area contributed by atoms with E-state index in [1.54, 1.807) is 0 Å². The Kier molecular flexibility index (Phi) is 5.87. The summed E-state index contributed by atoms with van der Waals surface area (Å²) in [6.45, 7) is 3.95. The number of aryl methyl sites for hydroxylation is 2. The number of fused-ring (bicyclic) bond motifs is 1. The van der Waals surface area contributed by atoms with Crippen LogP contribution >= 0.6 is 11.8 Å². The minimum atomic E-state index is -0.172. The van der Waals surface area contributed by atoms with E-state index in [4.69, 9.17) is 4.42 Å². The van der Waals surface area contributed by atoms with E-state index in [1.807, 2.05) is 56.4 Å². The lowest BCUT2D eigenvalue weighted by molar-refractivity contribution is -0.431. The summed E-state index contributed by atoms with van der Waals surface area (Å²) in [7, 11) is 0. The van der Waals surface area contributed by atoms with Crippen molar-refractivity contribution in [2.45, 2.75) is 31.5 Å². The first kappa shape index (κ1) is 20.2. The Hall–Kier alpha value is -3.10. The van der Waals surface area contributed by atoms with Crippen LogP contribution in [0.3, 0.4) is 0 Å². The molecule has 4 aromatic rings. The van der Waals surface area contributed by atoms with Crippen molar-refractivity contribution in [3.05, 3.63) is 71.2 Å². The van der Waals surface area contributed by atoms with Gasteiger partial charge in [-0.15, -0.1) is 10.2 Å². The molecule has 0 aliphatic carbocycles. The lowest BCUT2D eigenvalue weighted by Crippen LogP contribution is -2.54. The van der Waals surface area contributed by atoms with Gasteiger partial charge in [0.05, 0.1) is 5.75 Å². The number of H-pyrrole nitrogens is 1. The molecule has 30 heavy (non-hydrogen) atoms. The maximum absolute atomic E-state index is 12.3. The molecule has 0 fully saturated rings. The Labute approximate surface area is 178 Å². The van der Waals surface area contributed by atoms with Gasteiger partial charge in [-0.3, -0.25) is 4.79 Å². The van der Waals surface area contributed by atoms with Crippen molar-refractivity contribution >= 4 is 34.3 Å². The molecule has 0 spiro atoms. The minimum Gasteiger partial charge on any atom is -0.410 e. The van der Waals surface area contributed by atoms with Crippen molar-refractivity contribution in [3.63, 3.8) is 0 Å². The van der Waals surface area contributed by atoms with Crippen molar-refractivity contribution in [2.24, 2.45) is 0 Å². The van der Waals surface area contributed by atoms with E-state index in [0.29, 0.717) is 17.5 Å². The summed E-state index contributed by atoms with van der Waals surface area (Å²) in [6.07, 6.45) is 2.68. The van der Waals surface area contributed by atoms with Gasteiger partial charge < -0.3 is 20.5 Å². The van der Waals surface area contributed by atoms with E-state index in [2.05, 4.69) is 32.3 Å². The summed E-state index contributed by atoms with van der Waals surface area (Å²) in [6, 6.07) is 13.9. The fraction of sp³-hybridized carbons (Fsp3) is 0.227. The minimum absolute atomic E-state index is 0.109. The van der Waals surface area contributed by atoms with Gasteiger partial charge in [-0.2, -0.15) is 0 Å². The summed E-state index contributed by atoms with van der Waals surface area (Å²) in [5.74, 6) is 0.555. The number of aromatic nitrogens is 3. The highest BCUT2D eigenvalue weighted by Crippen LogP contribution is 2.24. The zero-order valence-corrected chi connectivity index (χ0v) is 17.8. The molecule has 5 N–H and O–H groups in total. The van der Waals surface area contributed by atoms with Crippen molar-refractivity contribution in [1.29, 1.82) is 0 Å². The summed E-state index contributed by atoms with van der Waals surface area (Å²) in [5, 5.41) is 12.7. The second-order valence-corrected chi connectivity index (χ2v) is 8.20. The SMILES string of the molecule is Cc1cccc(C)c1NC(=O)CSc1nnc([C@@H]([NH3+])Cc2c[nH]c3ccccc23)o1. The van der Waals surface area contributed by atoms with Gasteiger partial charge in [0, 0.05) is 29.2 Å². The molecular weight excluding hydrogens is 398 g/mol. The van der Waals surface area contributed by atoms with Gasteiger partial charge in [-0.25, -0.2) is 0 Å². The molecule has 2 aromatic heterocycles. The molecule has 0 bridgehead atoms. The third-order valence-corrected chi connectivity index (χ3v) is 5.80. The van der Waals surface area contributed by atoms with E-state index < -0.39 is 0 Å². The largest absolute Gasteiger partial charge is 0.410 e. The number of carbonyl (C=O) groups is 1. The molecule has 2 aromatic carbocycles. The van der Waals surface area contributed by atoms with E-state index in [1.165, 1.54) is 17.1 Å². The fourth-order valence-electron chi connectivity index (χ4n) is 3.41. The van der Waals surface area contributed by atoms with Gasteiger partial charge in [-0.05, 0) is 36.6 Å². The predicted octanol–water partition coefficient (Wildman–Crippen LogP) is 3.42. The summed E-state index contributed by atoms with van der Waals surface area (Å²) in [4.78, 5) is 15.6. The molecule has 0 unspecified atom stereocenters. The number of nitrogens with one attached hydrogen (secondary N) is 2. The van der Waals surface area contributed by atoms with Gasteiger partial charge in [0.1, 0.15) is 0 Å². The average molecular weight is 423 g/mol. The Morgan fingerprint density at radius 1 is 1.17 bits per heavy atom. The van der Waals surface area contributed by atoms with Gasteiger partial charge in [-0.1, -0.05) is 48.2 Å². The van der Waals surface area contributed by atoms with Crippen LogP contribution in [-0.4, -0.2) is 26.8 Å². The highest BCUT2D eigenvalue weighted by Gasteiger charge is 2.21. The molecule has 2 heterocycles. The quantitative estimate of drug-likeness (QED) is 0.395. The topological polar surface area (TPSA) is 111 Å². The van der Waals surface area contributed by atoms with Gasteiger partial charge in [0.2, 0.25) is 5.91 Å². The van der Waals surface area contributed by atoms with Crippen LogP contribution in [-0.2, 0) is 11.2 Å². The van der Waals surface area contributed by atoms with Crippen molar-refractivity contribution < 1.29 is 14.9 Å². The van der Waals surface area contributed by atoms with Gasteiger partial charge >= 0.3 is 0 Å². The van der Waals surface area contributed by atoms with Gasteiger partial charge in [0.25, 0.3) is 11.1 Å². The number of thioether (sulfide) groups is 1. The first-order valence-corrected chi connectivity index (χ1v) is 10.7. The Morgan fingerprint density at radius 3 is 2.73 bits per heavy atom.